The van der Waals surface area contributed by atoms with E-state index in [-0.39, 0.29) is 5.54 Å². The molecule has 2 aliphatic heterocycles. The second kappa shape index (κ2) is 5.45. The van der Waals surface area contributed by atoms with E-state index < -0.39 is 0 Å². The van der Waals surface area contributed by atoms with Crippen molar-refractivity contribution in [2.75, 3.05) is 53.9 Å². The van der Waals surface area contributed by atoms with Crippen LogP contribution in [0.2, 0.25) is 0 Å². The number of piperidine rings is 1. The van der Waals surface area contributed by atoms with Crippen LogP contribution in [0.4, 0.5) is 0 Å². The first-order valence-electron chi connectivity index (χ1n) is 7.28. The molecule has 2 rings (SSSR count). The lowest BCUT2D eigenvalue weighted by atomic mass is 9.87. The minimum Gasteiger partial charge on any atom is -0.329 e. The molecule has 18 heavy (non-hydrogen) atoms. The predicted molar refractivity (Wildman–Crippen MR) is 76.7 cm³/mol. The highest BCUT2D eigenvalue weighted by Crippen LogP contribution is 2.32. The van der Waals surface area contributed by atoms with Gasteiger partial charge in [-0.1, -0.05) is 6.92 Å². The number of hydrogen-bond acceptors (Lipinski definition) is 4. The summed E-state index contributed by atoms with van der Waals surface area (Å²) >= 11 is 0. The molecule has 2 fully saturated rings. The highest BCUT2D eigenvalue weighted by atomic mass is 15.3. The van der Waals surface area contributed by atoms with Gasteiger partial charge in [-0.05, 0) is 46.4 Å². The van der Waals surface area contributed by atoms with Gasteiger partial charge in [0.1, 0.15) is 0 Å². The molecule has 0 saturated carbocycles. The van der Waals surface area contributed by atoms with E-state index in [1.54, 1.807) is 0 Å². The maximum atomic E-state index is 6.17. The maximum Gasteiger partial charge on any atom is 0.0459 e. The number of likely N-dealkylation sites (N-methyl/N-ethyl adjacent to an activating group) is 2. The van der Waals surface area contributed by atoms with Crippen LogP contribution < -0.4 is 5.73 Å². The van der Waals surface area contributed by atoms with Crippen LogP contribution in [0.1, 0.15) is 19.8 Å². The molecule has 0 aromatic rings. The number of nitrogens with zero attached hydrogens (tertiary/aromatic N) is 3. The third kappa shape index (κ3) is 2.57. The average Bonchev–Trinajstić information content (AvgIpc) is 2.72. The quantitative estimate of drug-likeness (QED) is 0.785. The van der Waals surface area contributed by atoms with Crippen molar-refractivity contribution < 1.29 is 0 Å². The van der Waals surface area contributed by atoms with Gasteiger partial charge in [-0.3, -0.25) is 4.90 Å². The van der Waals surface area contributed by atoms with Gasteiger partial charge < -0.3 is 15.5 Å². The Kier molecular flexibility index (Phi) is 4.32. The lowest BCUT2D eigenvalue weighted by Gasteiger charge is -2.47. The van der Waals surface area contributed by atoms with Crippen LogP contribution in [0.5, 0.6) is 0 Å². The first kappa shape index (κ1) is 14.3. The highest BCUT2D eigenvalue weighted by Gasteiger charge is 2.44. The Morgan fingerprint density at radius 2 is 2.06 bits per heavy atom. The summed E-state index contributed by atoms with van der Waals surface area (Å²) in [5, 5.41) is 0. The Labute approximate surface area is 112 Å². The van der Waals surface area contributed by atoms with Gasteiger partial charge >= 0.3 is 0 Å². The van der Waals surface area contributed by atoms with Crippen LogP contribution in [0.25, 0.3) is 0 Å². The molecule has 3 atom stereocenters. The Morgan fingerprint density at radius 3 is 2.56 bits per heavy atom. The average molecular weight is 254 g/mol. The van der Waals surface area contributed by atoms with Crippen molar-refractivity contribution in [3.8, 4) is 0 Å². The second-order valence-corrected chi connectivity index (χ2v) is 6.68. The molecule has 3 unspecified atom stereocenters. The highest BCUT2D eigenvalue weighted by molar-refractivity contribution is 5.02. The second-order valence-electron chi connectivity index (χ2n) is 6.68. The molecule has 0 spiro atoms. The molecule has 2 saturated heterocycles. The largest absolute Gasteiger partial charge is 0.329 e. The third-order valence-electron chi connectivity index (χ3n) is 5.03. The lowest BCUT2D eigenvalue weighted by Crippen LogP contribution is -2.61. The molecule has 0 amide bonds. The zero-order valence-corrected chi connectivity index (χ0v) is 12.5. The SMILES string of the molecule is CC1CN(C2(CN)CCCN(C)C2)CC1N(C)C. The van der Waals surface area contributed by atoms with Gasteiger partial charge in [-0.15, -0.1) is 0 Å². The van der Waals surface area contributed by atoms with Crippen molar-refractivity contribution in [3.05, 3.63) is 0 Å². The minimum absolute atomic E-state index is 0.228. The van der Waals surface area contributed by atoms with E-state index >= 15 is 0 Å². The summed E-state index contributed by atoms with van der Waals surface area (Å²) in [5.41, 5.74) is 6.39. The summed E-state index contributed by atoms with van der Waals surface area (Å²) in [4.78, 5) is 7.50. The van der Waals surface area contributed by atoms with E-state index in [0.717, 1.165) is 19.0 Å². The first-order valence-corrected chi connectivity index (χ1v) is 7.28. The van der Waals surface area contributed by atoms with Gasteiger partial charge in [0.15, 0.2) is 0 Å². The predicted octanol–water partition coefficient (Wildman–Crippen LogP) is 0.291. The topological polar surface area (TPSA) is 35.7 Å². The van der Waals surface area contributed by atoms with Gasteiger partial charge in [-0.2, -0.15) is 0 Å². The number of nitrogens with two attached hydrogens (primary N) is 1. The summed E-state index contributed by atoms with van der Waals surface area (Å²) in [5.74, 6) is 0.746. The van der Waals surface area contributed by atoms with E-state index in [2.05, 4.69) is 42.8 Å². The summed E-state index contributed by atoms with van der Waals surface area (Å²) in [7, 11) is 6.63. The zero-order chi connectivity index (χ0) is 13.3. The molecule has 0 aliphatic carbocycles. The third-order valence-corrected chi connectivity index (χ3v) is 5.03. The normalized spacial score (nSPS) is 39.7. The molecule has 2 aliphatic rings. The maximum absolute atomic E-state index is 6.17. The van der Waals surface area contributed by atoms with E-state index in [0.29, 0.717) is 6.04 Å². The Morgan fingerprint density at radius 1 is 1.33 bits per heavy atom. The van der Waals surface area contributed by atoms with Crippen molar-refractivity contribution in [1.82, 2.24) is 14.7 Å². The Bertz CT molecular complexity index is 281. The van der Waals surface area contributed by atoms with Crippen LogP contribution in [-0.2, 0) is 0 Å². The standard InChI is InChI=1S/C14H30N4/c1-12-8-18(9-13(12)16(2)3)14(10-15)6-5-7-17(4)11-14/h12-13H,5-11,15H2,1-4H3. The molecule has 4 heteroatoms. The fraction of sp³-hybridized carbons (Fsp3) is 1.00. The molecule has 0 aromatic heterocycles. The van der Waals surface area contributed by atoms with Crippen LogP contribution >= 0.6 is 0 Å². The van der Waals surface area contributed by atoms with Crippen LogP contribution in [-0.4, -0.2) is 80.1 Å². The van der Waals surface area contributed by atoms with Crippen molar-refractivity contribution in [3.63, 3.8) is 0 Å². The van der Waals surface area contributed by atoms with Crippen molar-refractivity contribution >= 4 is 0 Å². The van der Waals surface area contributed by atoms with E-state index in [9.17, 15) is 0 Å². The monoisotopic (exact) mass is 254 g/mol. The summed E-state index contributed by atoms with van der Waals surface area (Å²) in [6.45, 7) is 7.91. The van der Waals surface area contributed by atoms with Gasteiger partial charge in [-0.25, -0.2) is 0 Å². The van der Waals surface area contributed by atoms with Gasteiger partial charge in [0.05, 0.1) is 0 Å². The number of likely N-dealkylation sites (tertiary alicyclic amines) is 2. The van der Waals surface area contributed by atoms with Crippen LogP contribution in [0.15, 0.2) is 0 Å². The van der Waals surface area contributed by atoms with Gasteiger partial charge in [0.2, 0.25) is 0 Å². The summed E-state index contributed by atoms with van der Waals surface area (Å²) < 4.78 is 0. The van der Waals surface area contributed by atoms with Crippen molar-refractivity contribution in [1.29, 1.82) is 0 Å². The van der Waals surface area contributed by atoms with E-state index in [1.165, 1.54) is 32.5 Å². The molecule has 4 nitrogen and oxygen atoms in total. The van der Waals surface area contributed by atoms with Gasteiger partial charge in [0, 0.05) is 37.8 Å². The molecule has 2 heterocycles. The number of hydrogen-bond donors (Lipinski definition) is 1. The fourth-order valence-corrected chi connectivity index (χ4v) is 3.90. The van der Waals surface area contributed by atoms with Crippen molar-refractivity contribution in [2.45, 2.75) is 31.3 Å². The first-order chi connectivity index (χ1) is 8.48. The molecule has 0 radical (unpaired) electrons. The minimum atomic E-state index is 0.228. The zero-order valence-electron chi connectivity index (χ0n) is 12.5. The molecular weight excluding hydrogens is 224 g/mol. The smallest absolute Gasteiger partial charge is 0.0459 e. The van der Waals surface area contributed by atoms with E-state index in [1.807, 2.05) is 0 Å². The molecule has 0 bridgehead atoms. The van der Waals surface area contributed by atoms with Crippen LogP contribution in [0.3, 0.4) is 0 Å². The van der Waals surface area contributed by atoms with E-state index in [4.69, 9.17) is 5.73 Å². The molecular formula is C14H30N4. The van der Waals surface area contributed by atoms with Crippen molar-refractivity contribution in [2.24, 2.45) is 11.7 Å². The number of rotatable bonds is 3. The molecule has 0 aromatic carbocycles. The summed E-state index contributed by atoms with van der Waals surface area (Å²) in [6.07, 6.45) is 2.55. The molecule has 2 N–H and O–H groups in total. The summed E-state index contributed by atoms with van der Waals surface area (Å²) in [6, 6.07) is 0.681. The van der Waals surface area contributed by atoms with Crippen LogP contribution in [0, 0.1) is 5.92 Å². The lowest BCUT2D eigenvalue weighted by molar-refractivity contribution is 0.0381. The van der Waals surface area contributed by atoms with Gasteiger partial charge in [0.25, 0.3) is 0 Å². The molecule has 106 valence electrons. The Hall–Kier alpha value is -0.160. The fourth-order valence-electron chi connectivity index (χ4n) is 3.90. The Balaban J connectivity index is 2.09.